The van der Waals surface area contributed by atoms with E-state index < -0.39 is 0 Å². The first-order chi connectivity index (χ1) is 11.4. The SMILES string of the molecule is CC(=O)c1cccc2c1CC(C)(C)N=C2c1cnn2cccc2c1. The first kappa shape index (κ1) is 14.8. The van der Waals surface area contributed by atoms with Gasteiger partial charge in [0.15, 0.2) is 5.78 Å². The van der Waals surface area contributed by atoms with Crippen LogP contribution in [0.3, 0.4) is 0 Å². The van der Waals surface area contributed by atoms with E-state index in [9.17, 15) is 4.79 Å². The van der Waals surface area contributed by atoms with Gasteiger partial charge in [-0.3, -0.25) is 9.79 Å². The van der Waals surface area contributed by atoms with E-state index in [4.69, 9.17) is 4.99 Å². The van der Waals surface area contributed by atoms with Crippen molar-refractivity contribution in [2.24, 2.45) is 4.99 Å². The molecule has 0 bridgehead atoms. The molecule has 0 saturated carbocycles. The van der Waals surface area contributed by atoms with Crippen LogP contribution in [0.5, 0.6) is 0 Å². The zero-order chi connectivity index (χ0) is 16.9. The second-order valence-electron chi connectivity index (χ2n) is 6.96. The Balaban J connectivity index is 1.96. The molecule has 4 nitrogen and oxygen atoms in total. The smallest absolute Gasteiger partial charge is 0.160 e. The molecule has 24 heavy (non-hydrogen) atoms. The third kappa shape index (κ3) is 2.35. The van der Waals surface area contributed by atoms with Crippen LogP contribution in [0.1, 0.15) is 47.8 Å². The summed E-state index contributed by atoms with van der Waals surface area (Å²) in [4.78, 5) is 17.0. The summed E-state index contributed by atoms with van der Waals surface area (Å²) in [6, 6.07) is 12.0. The first-order valence-electron chi connectivity index (χ1n) is 8.11. The Bertz CT molecular complexity index is 995. The van der Waals surface area contributed by atoms with Gasteiger partial charge in [0.05, 0.1) is 23.0 Å². The number of carbonyl (C=O) groups is 1. The van der Waals surface area contributed by atoms with E-state index in [1.807, 2.05) is 41.2 Å². The van der Waals surface area contributed by atoms with E-state index in [1.54, 1.807) is 6.92 Å². The van der Waals surface area contributed by atoms with Crippen molar-refractivity contribution in [2.45, 2.75) is 32.7 Å². The highest BCUT2D eigenvalue weighted by atomic mass is 16.1. The lowest BCUT2D eigenvalue weighted by Gasteiger charge is -2.30. The van der Waals surface area contributed by atoms with Gasteiger partial charge in [-0.2, -0.15) is 5.10 Å². The Labute approximate surface area is 140 Å². The van der Waals surface area contributed by atoms with Gasteiger partial charge in [-0.25, -0.2) is 4.52 Å². The third-order valence-electron chi connectivity index (χ3n) is 4.49. The van der Waals surface area contributed by atoms with Gasteiger partial charge in [-0.05, 0) is 51.0 Å². The second-order valence-corrected chi connectivity index (χ2v) is 6.96. The van der Waals surface area contributed by atoms with Crippen LogP contribution >= 0.6 is 0 Å². The molecule has 3 heterocycles. The summed E-state index contributed by atoms with van der Waals surface area (Å²) in [5.41, 5.74) is 5.61. The lowest BCUT2D eigenvalue weighted by molar-refractivity contribution is 0.101. The molecule has 4 rings (SSSR count). The molecule has 0 spiro atoms. The lowest BCUT2D eigenvalue weighted by atomic mass is 9.82. The third-order valence-corrected chi connectivity index (χ3v) is 4.49. The normalized spacial score (nSPS) is 15.9. The van der Waals surface area contributed by atoms with Gasteiger partial charge in [0.2, 0.25) is 0 Å². The Hall–Kier alpha value is -2.75. The number of ketones is 1. The molecule has 0 radical (unpaired) electrons. The van der Waals surface area contributed by atoms with Gasteiger partial charge in [0.25, 0.3) is 0 Å². The summed E-state index contributed by atoms with van der Waals surface area (Å²) >= 11 is 0. The van der Waals surface area contributed by atoms with Crippen LogP contribution < -0.4 is 0 Å². The summed E-state index contributed by atoms with van der Waals surface area (Å²) in [5.74, 6) is 0.101. The zero-order valence-electron chi connectivity index (χ0n) is 14.1. The van der Waals surface area contributed by atoms with Crippen molar-refractivity contribution in [1.29, 1.82) is 0 Å². The quantitative estimate of drug-likeness (QED) is 0.676. The molecular weight excluding hydrogens is 298 g/mol. The van der Waals surface area contributed by atoms with Crippen LogP contribution in [0.15, 0.2) is 53.8 Å². The first-order valence-corrected chi connectivity index (χ1v) is 8.11. The Kier molecular flexibility index (Phi) is 3.17. The largest absolute Gasteiger partial charge is 0.295 e. The fourth-order valence-electron chi connectivity index (χ4n) is 3.44. The fourth-order valence-corrected chi connectivity index (χ4v) is 3.44. The average molecular weight is 317 g/mol. The summed E-state index contributed by atoms with van der Waals surface area (Å²) < 4.78 is 1.84. The number of hydrogen-bond donors (Lipinski definition) is 0. The van der Waals surface area contributed by atoms with Crippen molar-refractivity contribution in [3.05, 3.63) is 71.0 Å². The van der Waals surface area contributed by atoms with Crippen LogP contribution in [0.2, 0.25) is 0 Å². The zero-order valence-corrected chi connectivity index (χ0v) is 14.1. The van der Waals surface area contributed by atoms with Crippen molar-refractivity contribution in [3.8, 4) is 0 Å². The molecule has 120 valence electrons. The molecule has 0 saturated heterocycles. The summed E-state index contributed by atoms with van der Waals surface area (Å²) in [6.45, 7) is 5.84. The highest BCUT2D eigenvalue weighted by molar-refractivity contribution is 6.16. The molecule has 2 aromatic heterocycles. The fraction of sp³-hybridized carbons (Fsp3) is 0.250. The molecule has 1 aliphatic rings. The van der Waals surface area contributed by atoms with Crippen molar-refractivity contribution in [1.82, 2.24) is 9.61 Å². The van der Waals surface area contributed by atoms with E-state index in [0.717, 1.165) is 39.9 Å². The number of hydrogen-bond acceptors (Lipinski definition) is 3. The lowest BCUT2D eigenvalue weighted by Crippen LogP contribution is -2.31. The standard InChI is InChI=1S/C20H19N3O/c1-13(24)16-7-4-8-17-18(16)11-20(2,3)22-19(17)14-10-15-6-5-9-23(15)21-12-14/h4-10,12H,11H2,1-3H3. The van der Waals surface area contributed by atoms with Gasteiger partial charge in [0, 0.05) is 22.9 Å². The van der Waals surface area contributed by atoms with Crippen molar-refractivity contribution in [3.63, 3.8) is 0 Å². The van der Waals surface area contributed by atoms with Crippen LogP contribution in [0.4, 0.5) is 0 Å². The molecule has 0 fully saturated rings. The number of benzene rings is 1. The van der Waals surface area contributed by atoms with Gasteiger partial charge in [-0.15, -0.1) is 0 Å². The molecule has 3 aromatic rings. The number of aromatic nitrogens is 2. The monoisotopic (exact) mass is 317 g/mol. The molecular formula is C20H19N3O. The second kappa shape index (κ2) is 5.13. The number of Topliss-reactive ketones (excluding diaryl/α,β-unsaturated/α-hetero) is 1. The average Bonchev–Trinajstić information content (AvgIpc) is 3.00. The number of nitrogens with zero attached hydrogens (tertiary/aromatic N) is 3. The molecule has 1 aliphatic heterocycles. The molecule has 0 aliphatic carbocycles. The summed E-state index contributed by atoms with van der Waals surface area (Å²) in [6.07, 6.45) is 4.54. The summed E-state index contributed by atoms with van der Waals surface area (Å²) in [5, 5.41) is 4.46. The minimum Gasteiger partial charge on any atom is -0.295 e. The molecule has 4 heteroatoms. The van der Waals surface area contributed by atoms with Gasteiger partial charge < -0.3 is 0 Å². The molecule has 1 aromatic carbocycles. The van der Waals surface area contributed by atoms with E-state index >= 15 is 0 Å². The predicted octanol–water partition coefficient (Wildman–Crippen LogP) is 3.71. The van der Waals surface area contributed by atoms with E-state index in [1.165, 1.54) is 0 Å². The predicted molar refractivity (Wildman–Crippen MR) is 95.1 cm³/mol. The van der Waals surface area contributed by atoms with Crippen LogP contribution in [-0.2, 0) is 6.42 Å². The number of aliphatic imine (C=N–C) groups is 1. The molecule has 0 unspecified atom stereocenters. The Morgan fingerprint density at radius 2 is 2.04 bits per heavy atom. The van der Waals surface area contributed by atoms with Gasteiger partial charge in [0.1, 0.15) is 0 Å². The summed E-state index contributed by atoms with van der Waals surface area (Å²) in [7, 11) is 0. The van der Waals surface area contributed by atoms with Crippen molar-refractivity contribution in [2.75, 3.05) is 0 Å². The van der Waals surface area contributed by atoms with E-state index in [0.29, 0.717) is 0 Å². The minimum atomic E-state index is -0.248. The van der Waals surface area contributed by atoms with E-state index in [2.05, 4.69) is 31.1 Å². The van der Waals surface area contributed by atoms with E-state index in [-0.39, 0.29) is 11.3 Å². The maximum Gasteiger partial charge on any atom is 0.160 e. The maximum atomic E-state index is 12.1. The van der Waals surface area contributed by atoms with Crippen LogP contribution in [0, 0.1) is 0 Å². The molecule has 0 amide bonds. The molecule has 0 atom stereocenters. The van der Waals surface area contributed by atoms with Gasteiger partial charge >= 0.3 is 0 Å². The maximum absolute atomic E-state index is 12.1. The minimum absolute atomic E-state index is 0.101. The van der Waals surface area contributed by atoms with Crippen molar-refractivity contribution < 1.29 is 4.79 Å². The number of rotatable bonds is 2. The number of carbonyl (C=O) groups excluding carboxylic acids is 1. The van der Waals surface area contributed by atoms with Crippen LogP contribution in [-0.4, -0.2) is 26.6 Å². The highest BCUT2D eigenvalue weighted by Gasteiger charge is 2.30. The van der Waals surface area contributed by atoms with Crippen LogP contribution in [0.25, 0.3) is 5.52 Å². The topological polar surface area (TPSA) is 46.7 Å². The van der Waals surface area contributed by atoms with Crippen molar-refractivity contribution >= 4 is 17.0 Å². The Morgan fingerprint density at radius 1 is 1.21 bits per heavy atom. The Morgan fingerprint density at radius 3 is 2.83 bits per heavy atom. The highest BCUT2D eigenvalue weighted by Crippen LogP contribution is 2.31. The molecule has 0 N–H and O–H groups in total. The number of fused-ring (bicyclic) bond motifs is 2. The van der Waals surface area contributed by atoms with Gasteiger partial charge in [-0.1, -0.05) is 18.2 Å².